The zero-order valence-corrected chi connectivity index (χ0v) is 17.2. The highest BCUT2D eigenvalue weighted by atomic mass is 16.5. The second kappa shape index (κ2) is 10.9. The van der Waals surface area contributed by atoms with Gasteiger partial charge in [-0.05, 0) is 68.8 Å². The third kappa shape index (κ3) is 6.36. The summed E-state index contributed by atoms with van der Waals surface area (Å²) in [7, 11) is 0. The molecule has 0 aliphatic heterocycles. The van der Waals surface area contributed by atoms with Crippen LogP contribution in [0, 0.1) is 11.8 Å². The molecular weight excluding hydrogens is 332 g/mol. The lowest BCUT2D eigenvalue weighted by Gasteiger charge is -2.31. The molecule has 0 heterocycles. The minimum Gasteiger partial charge on any atom is -0.462 e. The summed E-state index contributed by atoms with van der Waals surface area (Å²) >= 11 is 0. The van der Waals surface area contributed by atoms with Crippen LogP contribution in [0.5, 0.6) is 0 Å². The van der Waals surface area contributed by atoms with E-state index in [9.17, 15) is 4.79 Å². The van der Waals surface area contributed by atoms with Crippen LogP contribution in [-0.2, 0) is 9.53 Å². The maximum absolute atomic E-state index is 12.6. The van der Waals surface area contributed by atoms with Gasteiger partial charge >= 0.3 is 5.97 Å². The molecule has 2 fully saturated rings. The van der Waals surface area contributed by atoms with Crippen LogP contribution in [0.3, 0.4) is 0 Å². The molecule has 1 aromatic rings. The van der Waals surface area contributed by atoms with Gasteiger partial charge in [0.2, 0.25) is 0 Å². The molecule has 0 spiro atoms. The normalized spacial score (nSPS) is 28.6. The number of unbranched alkanes of at least 4 members (excludes halogenated alkanes) is 3. The highest BCUT2D eigenvalue weighted by Crippen LogP contribution is 2.36. The minimum atomic E-state index is 0.0996. The molecule has 2 aliphatic carbocycles. The number of hydrogen-bond acceptors (Lipinski definition) is 2. The Hall–Kier alpha value is -1.31. The summed E-state index contributed by atoms with van der Waals surface area (Å²) in [6.07, 6.45) is 15.9. The number of carbonyl (C=O) groups excluding carboxylic acids is 1. The van der Waals surface area contributed by atoms with Crippen LogP contribution in [0.2, 0.25) is 0 Å². The number of esters is 1. The highest BCUT2D eigenvalue weighted by Gasteiger charge is 2.30. The lowest BCUT2D eigenvalue weighted by atomic mass is 9.79. The van der Waals surface area contributed by atoms with Crippen LogP contribution in [-0.4, -0.2) is 12.1 Å². The van der Waals surface area contributed by atoms with Crippen LogP contribution in [0.4, 0.5) is 0 Å². The van der Waals surface area contributed by atoms with Gasteiger partial charge < -0.3 is 4.74 Å². The Balaban J connectivity index is 1.33. The fraction of sp³-hybridized carbons (Fsp3) is 0.720. The van der Waals surface area contributed by atoms with E-state index in [4.69, 9.17) is 4.74 Å². The first-order chi connectivity index (χ1) is 13.3. The molecule has 1 aromatic carbocycles. The topological polar surface area (TPSA) is 26.3 Å². The van der Waals surface area contributed by atoms with E-state index in [-0.39, 0.29) is 18.0 Å². The minimum absolute atomic E-state index is 0.0996. The number of rotatable bonds is 8. The molecule has 0 N–H and O–H groups in total. The zero-order valence-electron chi connectivity index (χ0n) is 17.2. The predicted molar refractivity (Wildman–Crippen MR) is 112 cm³/mol. The summed E-state index contributed by atoms with van der Waals surface area (Å²) in [4.78, 5) is 12.6. The average Bonchev–Trinajstić information content (AvgIpc) is 2.73. The molecular formula is C25H38O2. The van der Waals surface area contributed by atoms with Crippen LogP contribution < -0.4 is 0 Å². The maximum Gasteiger partial charge on any atom is 0.309 e. The Kier molecular flexibility index (Phi) is 8.23. The molecule has 0 amide bonds. The molecule has 0 saturated heterocycles. The summed E-state index contributed by atoms with van der Waals surface area (Å²) in [5, 5.41) is 0. The van der Waals surface area contributed by atoms with Crippen molar-refractivity contribution in [1.29, 1.82) is 0 Å². The summed E-state index contributed by atoms with van der Waals surface area (Å²) in [5.41, 5.74) is 1.44. The fourth-order valence-electron chi connectivity index (χ4n) is 5.05. The Morgan fingerprint density at radius 3 is 2.26 bits per heavy atom. The fourth-order valence-corrected chi connectivity index (χ4v) is 5.05. The zero-order chi connectivity index (χ0) is 18.9. The molecule has 2 saturated carbocycles. The average molecular weight is 371 g/mol. The van der Waals surface area contributed by atoms with Gasteiger partial charge in [0, 0.05) is 0 Å². The number of hydrogen-bond donors (Lipinski definition) is 0. The van der Waals surface area contributed by atoms with E-state index in [1.165, 1.54) is 50.5 Å². The van der Waals surface area contributed by atoms with Gasteiger partial charge in [-0.15, -0.1) is 0 Å². The van der Waals surface area contributed by atoms with Crippen molar-refractivity contribution in [2.24, 2.45) is 11.8 Å². The van der Waals surface area contributed by atoms with Crippen molar-refractivity contribution in [3.63, 3.8) is 0 Å². The van der Waals surface area contributed by atoms with E-state index < -0.39 is 0 Å². The first-order valence-corrected chi connectivity index (χ1v) is 11.5. The summed E-state index contributed by atoms with van der Waals surface area (Å²) in [5.74, 6) is 1.77. The quantitative estimate of drug-likeness (QED) is 0.362. The Morgan fingerprint density at radius 2 is 1.59 bits per heavy atom. The van der Waals surface area contributed by atoms with Crippen LogP contribution in [0.1, 0.15) is 102 Å². The van der Waals surface area contributed by atoms with E-state index in [0.29, 0.717) is 5.92 Å². The molecule has 3 rings (SSSR count). The van der Waals surface area contributed by atoms with Crippen LogP contribution in [0.25, 0.3) is 0 Å². The van der Waals surface area contributed by atoms with Crippen molar-refractivity contribution < 1.29 is 9.53 Å². The second-order valence-electron chi connectivity index (χ2n) is 8.89. The van der Waals surface area contributed by atoms with E-state index in [0.717, 1.165) is 44.4 Å². The molecule has 150 valence electrons. The van der Waals surface area contributed by atoms with Gasteiger partial charge in [0.1, 0.15) is 6.10 Å². The van der Waals surface area contributed by atoms with Crippen LogP contribution >= 0.6 is 0 Å². The number of carbonyl (C=O) groups is 1. The van der Waals surface area contributed by atoms with Gasteiger partial charge in [-0.3, -0.25) is 4.79 Å². The highest BCUT2D eigenvalue weighted by molar-refractivity contribution is 5.72. The number of ether oxygens (including phenoxy) is 1. The van der Waals surface area contributed by atoms with Crippen molar-refractivity contribution in [3.8, 4) is 0 Å². The smallest absolute Gasteiger partial charge is 0.309 e. The van der Waals surface area contributed by atoms with Gasteiger partial charge in [-0.2, -0.15) is 0 Å². The molecule has 2 heteroatoms. The third-order valence-electron chi connectivity index (χ3n) is 6.87. The van der Waals surface area contributed by atoms with E-state index >= 15 is 0 Å². The summed E-state index contributed by atoms with van der Waals surface area (Å²) in [6.45, 7) is 2.27. The molecule has 0 radical (unpaired) electrons. The molecule has 0 bridgehead atoms. The van der Waals surface area contributed by atoms with Crippen molar-refractivity contribution in [2.75, 3.05) is 0 Å². The summed E-state index contributed by atoms with van der Waals surface area (Å²) < 4.78 is 5.92. The molecule has 0 unspecified atom stereocenters. The Bertz CT molecular complexity index is 537. The first kappa shape index (κ1) is 20.4. The first-order valence-electron chi connectivity index (χ1n) is 11.5. The lowest BCUT2D eigenvalue weighted by Crippen LogP contribution is -2.29. The summed E-state index contributed by atoms with van der Waals surface area (Å²) in [6, 6.07) is 10.8. The van der Waals surface area contributed by atoms with E-state index in [1.54, 1.807) is 0 Å². The van der Waals surface area contributed by atoms with Gasteiger partial charge in [0.25, 0.3) is 0 Å². The third-order valence-corrected chi connectivity index (χ3v) is 6.87. The van der Waals surface area contributed by atoms with Crippen molar-refractivity contribution in [3.05, 3.63) is 35.9 Å². The Labute approximate surface area is 166 Å². The van der Waals surface area contributed by atoms with E-state index in [1.807, 2.05) is 0 Å². The van der Waals surface area contributed by atoms with Gasteiger partial charge in [0.05, 0.1) is 5.92 Å². The molecule has 0 atom stereocenters. The number of benzene rings is 1. The monoisotopic (exact) mass is 370 g/mol. The molecule has 0 aromatic heterocycles. The van der Waals surface area contributed by atoms with E-state index in [2.05, 4.69) is 37.3 Å². The Morgan fingerprint density at radius 1 is 0.889 bits per heavy atom. The van der Waals surface area contributed by atoms with Crippen LogP contribution in [0.15, 0.2) is 30.3 Å². The second-order valence-corrected chi connectivity index (χ2v) is 8.89. The van der Waals surface area contributed by atoms with Gasteiger partial charge in [-0.1, -0.05) is 69.4 Å². The standard InChI is InChI=1S/C25H38O2/c1-2-3-4-6-9-20-12-14-23(15-13-20)25(26)27-24-18-16-22(17-19-24)21-10-7-5-8-11-21/h5,7-8,10-11,20,22-24H,2-4,6,9,12-19H2,1H3. The SMILES string of the molecule is CCCCCCC1CCC(C(=O)OC2CCC(c3ccccc3)CC2)CC1. The predicted octanol–water partition coefficient (Wildman–Crippen LogP) is 7.03. The van der Waals surface area contributed by atoms with Crippen molar-refractivity contribution in [2.45, 2.75) is 102 Å². The maximum atomic E-state index is 12.6. The van der Waals surface area contributed by atoms with Crippen molar-refractivity contribution >= 4 is 5.97 Å². The molecule has 27 heavy (non-hydrogen) atoms. The lowest BCUT2D eigenvalue weighted by molar-refractivity contribution is -0.157. The largest absolute Gasteiger partial charge is 0.462 e. The molecule has 2 nitrogen and oxygen atoms in total. The van der Waals surface area contributed by atoms with Gasteiger partial charge in [0.15, 0.2) is 0 Å². The van der Waals surface area contributed by atoms with Gasteiger partial charge in [-0.25, -0.2) is 0 Å². The van der Waals surface area contributed by atoms with Crippen molar-refractivity contribution in [1.82, 2.24) is 0 Å². The molecule has 2 aliphatic rings.